The minimum atomic E-state index is -0.858. The van der Waals surface area contributed by atoms with Gasteiger partial charge in [0.2, 0.25) is 0 Å². The largest absolute Gasteiger partial charge is 0.460 e. The van der Waals surface area contributed by atoms with E-state index in [1.807, 2.05) is 60.7 Å². The molecule has 5 heteroatoms. The van der Waals surface area contributed by atoms with Crippen LogP contribution in [0.3, 0.4) is 0 Å². The first-order valence-electron chi connectivity index (χ1n) is 8.43. The maximum Gasteiger partial charge on any atom is 0.323 e. The number of hydrogen-bond acceptors (Lipinski definition) is 3. The molecule has 0 heterocycles. The summed E-state index contributed by atoms with van der Waals surface area (Å²) in [4.78, 5) is 12.2. The molecule has 0 aliphatic heterocycles. The van der Waals surface area contributed by atoms with E-state index < -0.39 is 12.0 Å². The molecule has 0 aromatic heterocycles. The average molecular weight is 386 g/mol. The predicted molar refractivity (Wildman–Crippen MR) is 107 cm³/mol. The van der Waals surface area contributed by atoms with Gasteiger partial charge < -0.3 is 10.5 Å². The number of ether oxygens (including phenoxy) is 1. The first kappa shape index (κ1) is 20.6. The van der Waals surface area contributed by atoms with Gasteiger partial charge in [0.05, 0.1) is 0 Å². The van der Waals surface area contributed by atoms with Crippen molar-refractivity contribution in [3.63, 3.8) is 0 Å². The summed E-state index contributed by atoms with van der Waals surface area (Å²) in [5.74, 6) is -0.860. The molecule has 0 saturated carbocycles. The highest BCUT2D eigenvalue weighted by molar-refractivity contribution is 5.85. The van der Waals surface area contributed by atoms with Crippen molar-refractivity contribution >= 4 is 18.4 Å². The van der Waals surface area contributed by atoms with E-state index in [-0.39, 0.29) is 31.3 Å². The third-order valence-corrected chi connectivity index (χ3v) is 4.12. The third kappa shape index (κ3) is 5.64. The Morgan fingerprint density at radius 3 is 2.26 bits per heavy atom. The summed E-state index contributed by atoms with van der Waals surface area (Å²) < 4.78 is 19.0. The molecule has 0 unspecified atom stereocenters. The van der Waals surface area contributed by atoms with Gasteiger partial charge in [-0.2, -0.15) is 0 Å². The highest BCUT2D eigenvalue weighted by atomic mass is 35.5. The van der Waals surface area contributed by atoms with E-state index in [1.165, 1.54) is 12.1 Å². The van der Waals surface area contributed by atoms with Gasteiger partial charge in [-0.25, -0.2) is 4.39 Å². The van der Waals surface area contributed by atoms with E-state index in [0.29, 0.717) is 5.56 Å². The number of nitrogens with two attached hydrogens (primary N) is 1. The van der Waals surface area contributed by atoms with E-state index in [9.17, 15) is 9.18 Å². The minimum absolute atomic E-state index is 0. The predicted octanol–water partition coefficient (Wildman–Crippen LogP) is 4.53. The smallest absolute Gasteiger partial charge is 0.323 e. The summed E-state index contributed by atoms with van der Waals surface area (Å²) in [5, 5.41) is 0. The summed E-state index contributed by atoms with van der Waals surface area (Å²) in [6.45, 7) is 0.169. The number of halogens is 2. The van der Waals surface area contributed by atoms with Crippen molar-refractivity contribution in [2.24, 2.45) is 5.73 Å². The van der Waals surface area contributed by atoms with E-state index >= 15 is 0 Å². The third-order valence-electron chi connectivity index (χ3n) is 4.12. The van der Waals surface area contributed by atoms with Crippen molar-refractivity contribution < 1.29 is 13.9 Å². The fourth-order valence-corrected chi connectivity index (χ4v) is 2.79. The van der Waals surface area contributed by atoms with E-state index in [2.05, 4.69) is 0 Å². The van der Waals surface area contributed by atoms with Crippen LogP contribution in [-0.2, 0) is 22.6 Å². The summed E-state index contributed by atoms with van der Waals surface area (Å²) in [6, 6.07) is 22.7. The van der Waals surface area contributed by atoms with E-state index in [0.717, 1.165) is 16.7 Å². The van der Waals surface area contributed by atoms with Gasteiger partial charge in [0.1, 0.15) is 18.5 Å². The van der Waals surface area contributed by atoms with Crippen LogP contribution in [0.2, 0.25) is 0 Å². The van der Waals surface area contributed by atoms with Crippen molar-refractivity contribution in [3.8, 4) is 11.1 Å². The molecule has 140 valence electrons. The maximum atomic E-state index is 13.7. The fourth-order valence-electron chi connectivity index (χ4n) is 2.79. The highest BCUT2D eigenvalue weighted by Gasteiger charge is 2.18. The molecule has 0 radical (unpaired) electrons. The van der Waals surface area contributed by atoms with Crippen molar-refractivity contribution in [3.05, 3.63) is 95.8 Å². The molecule has 0 fully saturated rings. The van der Waals surface area contributed by atoms with Gasteiger partial charge in [0, 0.05) is 0 Å². The van der Waals surface area contributed by atoms with Crippen LogP contribution < -0.4 is 5.73 Å². The Kier molecular flexibility index (Phi) is 7.53. The van der Waals surface area contributed by atoms with Crippen LogP contribution in [0.5, 0.6) is 0 Å². The lowest BCUT2D eigenvalue weighted by molar-refractivity contribution is -0.146. The van der Waals surface area contributed by atoms with Gasteiger partial charge in [-0.05, 0) is 40.8 Å². The monoisotopic (exact) mass is 385 g/mol. The number of rotatable bonds is 6. The van der Waals surface area contributed by atoms with Crippen molar-refractivity contribution in [2.45, 2.75) is 19.1 Å². The number of esters is 1. The van der Waals surface area contributed by atoms with Crippen molar-refractivity contribution in [2.75, 3.05) is 0 Å². The van der Waals surface area contributed by atoms with Gasteiger partial charge in [0.15, 0.2) is 0 Å². The van der Waals surface area contributed by atoms with Crippen LogP contribution in [0.1, 0.15) is 11.1 Å². The van der Waals surface area contributed by atoms with Crippen molar-refractivity contribution in [1.82, 2.24) is 0 Å². The van der Waals surface area contributed by atoms with Gasteiger partial charge in [-0.3, -0.25) is 4.79 Å². The van der Waals surface area contributed by atoms with Crippen LogP contribution in [0, 0.1) is 5.82 Å². The van der Waals surface area contributed by atoms with Crippen LogP contribution in [0.15, 0.2) is 78.9 Å². The Morgan fingerprint density at radius 2 is 1.59 bits per heavy atom. The maximum absolute atomic E-state index is 13.7. The molecule has 27 heavy (non-hydrogen) atoms. The molecular formula is C22H21ClFNO2. The van der Waals surface area contributed by atoms with Crippen molar-refractivity contribution in [1.29, 1.82) is 0 Å². The second-order valence-corrected chi connectivity index (χ2v) is 6.07. The summed E-state index contributed by atoms with van der Waals surface area (Å²) in [6.07, 6.45) is 0.204. The lowest BCUT2D eigenvalue weighted by Crippen LogP contribution is -2.34. The molecule has 0 aliphatic rings. The molecule has 0 saturated heterocycles. The zero-order valence-electron chi connectivity index (χ0n) is 14.7. The molecule has 3 aromatic rings. The summed E-state index contributed by atoms with van der Waals surface area (Å²) in [7, 11) is 0. The first-order chi connectivity index (χ1) is 12.6. The zero-order valence-corrected chi connectivity index (χ0v) is 15.5. The van der Waals surface area contributed by atoms with Crippen LogP contribution in [0.25, 0.3) is 11.1 Å². The SMILES string of the molecule is Cl.N[C@@H](Cc1cc(F)ccc1-c1ccccc1)C(=O)OCc1ccccc1. The second-order valence-electron chi connectivity index (χ2n) is 6.07. The number of carbonyl (C=O) groups excluding carboxylic acids is 1. The lowest BCUT2D eigenvalue weighted by atomic mass is 9.95. The Hall–Kier alpha value is -2.69. The van der Waals surface area contributed by atoms with E-state index in [1.54, 1.807) is 6.07 Å². The molecular weight excluding hydrogens is 365 g/mol. The molecule has 2 N–H and O–H groups in total. The Bertz CT molecular complexity index is 872. The fraction of sp³-hybridized carbons (Fsp3) is 0.136. The minimum Gasteiger partial charge on any atom is -0.460 e. The van der Waals surface area contributed by atoms with Gasteiger partial charge >= 0.3 is 5.97 Å². The number of benzene rings is 3. The summed E-state index contributed by atoms with van der Waals surface area (Å²) >= 11 is 0. The highest BCUT2D eigenvalue weighted by Crippen LogP contribution is 2.25. The number of hydrogen-bond donors (Lipinski definition) is 1. The molecule has 0 amide bonds. The van der Waals surface area contributed by atoms with Gasteiger partial charge in [0.25, 0.3) is 0 Å². The molecule has 0 aliphatic carbocycles. The average Bonchev–Trinajstić information content (AvgIpc) is 2.67. The Morgan fingerprint density at radius 1 is 0.963 bits per heavy atom. The standard InChI is InChI=1S/C22H20FNO2.ClH/c23-19-11-12-20(17-9-5-2-6-10-17)18(13-19)14-21(24)22(25)26-15-16-7-3-1-4-8-16;/h1-13,21H,14-15,24H2;1H/t21-;/m0./s1. The molecule has 0 bridgehead atoms. The van der Waals surface area contributed by atoms with Gasteiger partial charge in [-0.1, -0.05) is 66.7 Å². The second kappa shape index (κ2) is 9.86. The molecule has 3 aromatic carbocycles. The van der Waals surface area contributed by atoms with Crippen LogP contribution in [0.4, 0.5) is 4.39 Å². The molecule has 1 atom stereocenters. The van der Waals surface area contributed by atoms with Gasteiger partial charge in [-0.15, -0.1) is 12.4 Å². The quantitative estimate of drug-likeness (QED) is 0.634. The van der Waals surface area contributed by atoms with Crippen LogP contribution in [-0.4, -0.2) is 12.0 Å². The normalized spacial score (nSPS) is 11.3. The van der Waals surface area contributed by atoms with Crippen LogP contribution >= 0.6 is 12.4 Å². The Balaban J connectivity index is 0.00000261. The molecule has 0 spiro atoms. The lowest BCUT2D eigenvalue weighted by Gasteiger charge is -2.15. The summed E-state index contributed by atoms with van der Waals surface area (Å²) in [5.41, 5.74) is 9.40. The number of carbonyl (C=O) groups is 1. The topological polar surface area (TPSA) is 52.3 Å². The molecule has 3 nitrogen and oxygen atoms in total. The molecule has 3 rings (SSSR count). The Labute approximate surface area is 164 Å². The van der Waals surface area contributed by atoms with E-state index in [4.69, 9.17) is 10.5 Å². The first-order valence-corrected chi connectivity index (χ1v) is 8.43. The zero-order chi connectivity index (χ0) is 18.4.